The SMILES string of the molecule is Cn1c(N2CCC(=O)NC2=O)cnc1-c1ccc2c(n1)C(C)(C)N(Cc1ccc(OC3CCCCC3)cc1)C2. The number of nitrogens with one attached hydrogen (secondary N) is 1. The van der Waals surface area contributed by atoms with Crippen LogP contribution in [0.25, 0.3) is 11.5 Å². The number of amides is 3. The summed E-state index contributed by atoms with van der Waals surface area (Å²) >= 11 is 0. The molecule has 1 aliphatic carbocycles. The van der Waals surface area contributed by atoms with Crippen LogP contribution in [0.1, 0.15) is 69.2 Å². The lowest BCUT2D eigenvalue weighted by Gasteiger charge is -2.32. The number of imidazole rings is 1. The molecule has 3 aliphatic rings. The zero-order valence-electron chi connectivity index (χ0n) is 22.9. The first-order valence-electron chi connectivity index (χ1n) is 13.9. The molecule has 3 aromatic rings. The molecule has 0 bridgehead atoms. The van der Waals surface area contributed by atoms with Crippen LogP contribution in [0.4, 0.5) is 10.6 Å². The number of urea groups is 1. The quantitative estimate of drug-likeness (QED) is 0.490. The van der Waals surface area contributed by atoms with Crippen LogP contribution in [0, 0.1) is 0 Å². The number of nitrogens with zero attached hydrogens (tertiary/aromatic N) is 5. The number of ether oxygens (including phenoxy) is 1. The fourth-order valence-electron chi connectivity index (χ4n) is 6.02. The van der Waals surface area contributed by atoms with Crippen LogP contribution >= 0.6 is 0 Å². The van der Waals surface area contributed by atoms with E-state index in [-0.39, 0.29) is 17.9 Å². The van der Waals surface area contributed by atoms with Crippen LogP contribution in [-0.4, -0.2) is 44.0 Å². The summed E-state index contributed by atoms with van der Waals surface area (Å²) in [6.07, 6.45) is 8.46. The summed E-state index contributed by atoms with van der Waals surface area (Å²) in [6, 6.07) is 12.3. The van der Waals surface area contributed by atoms with Gasteiger partial charge >= 0.3 is 6.03 Å². The third kappa shape index (κ3) is 4.91. The molecule has 1 N–H and O–H groups in total. The van der Waals surface area contributed by atoms with E-state index < -0.39 is 6.03 Å². The van der Waals surface area contributed by atoms with Gasteiger partial charge in [-0.1, -0.05) is 24.6 Å². The maximum atomic E-state index is 12.4. The Hall–Kier alpha value is -3.72. The van der Waals surface area contributed by atoms with E-state index in [4.69, 9.17) is 9.72 Å². The van der Waals surface area contributed by atoms with Crippen LogP contribution in [0.2, 0.25) is 0 Å². The molecule has 4 heterocycles. The molecule has 9 heteroatoms. The predicted molar refractivity (Wildman–Crippen MR) is 148 cm³/mol. The monoisotopic (exact) mass is 528 g/mol. The van der Waals surface area contributed by atoms with Crippen molar-refractivity contribution < 1.29 is 14.3 Å². The zero-order valence-corrected chi connectivity index (χ0v) is 22.9. The lowest BCUT2D eigenvalue weighted by molar-refractivity contribution is -0.120. The van der Waals surface area contributed by atoms with Gasteiger partial charge in [-0.05, 0) is 68.9 Å². The number of carbonyl (C=O) groups excluding carboxylic acids is 2. The molecular weight excluding hydrogens is 492 g/mol. The highest BCUT2D eigenvalue weighted by Gasteiger charge is 2.39. The highest BCUT2D eigenvalue weighted by atomic mass is 16.5. The molecule has 2 aliphatic heterocycles. The van der Waals surface area contributed by atoms with Crippen molar-refractivity contribution in [1.82, 2.24) is 24.8 Å². The third-order valence-corrected chi connectivity index (χ3v) is 8.39. The van der Waals surface area contributed by atoms with Crippen LogP contribution in [-0.2, 0) is 30.5 Å². The summed E-state index contributed by atoms with van der Waals surface area (Å²) in [4.78, 5) is 37.6. The summed E-state index contributed by atoms with van der Waals surface area (Å²) in [7, 11) is 1.87. The Labute approximate surface area is 229 Å². The number of imide groups is 1. The Bertz CT molecular complexity index is 1390. The zero-order chi connectivity index (χ0) is 27.1. The van der Waals surface area contributed by atoms with E-state index in [0.717, 1.165) is 43.1 Å². The van der Waals surface area contributed by atoms with E-state index in [1.807, 2.05) is 17.7 Å². The number of hydrogen-bond acceptors (Lipinski definition) is 6. The lowest BCUT2D eigenvalue weighted by atomic mass is 9.98. The second-order valence-corrected chi connectivity index (χ2v) is 11.4. The Morgan fingerprint density at radius 1 is 1.05 bits per heavy atom. The second-order valence-electron chi connectivity index (χ2n) is 11.4. The summed E-state index contributed by atoms with van der Waals surface area (Å²) in [5.41, 5.74) is 4.01. The van der Waals surface area contributed by atoms with Gasteiger partial charge in [0.05, 0.1) is 23.5 Å². The number of anilines is 1. The van der Waals surface area contributed by atoms with Crippen LogP contribution in [0.15, 0.2) is 42.6 Å². The summed E-state index contributed by atoms with van der Waals surface area (Å²) in [6.45, 7) is 6.41. The minimum Gasteiger partial charge on any atom is -0.490 e. The van der Waals surface area contributed by atoms with E-state index >= 15 is 0 Å². The smallest absolute Gasteiger partial charge is 0.329 e. The molecule has 0 spiro atoms. The standard InChI is InChI=1S/C30H36N6O3/c1-30(2)27-21(19-35(30)18-20-9-12-23(13-10-20)39-22-7-5-4-6-8-22)11-14-24(32-27)28-31-17-26(34(28)3)36-16-15-25(37)33-29(36)38/h9-14,17,22H,4-8,15-16,18-19H2,1-3H3,(H,33,37,38). The molecule has 0 radical (unpaired) electrons. The van der Waals surface area contributed by atoms with Crippen molar-refractivity contribution in [3.63, 3.8) is 0 Å². The molecular formula is C30H36N6O3. The molecule has 2 aromatic heterocycles. The first kappa shape index (κ1) is 25.6. The van der Waals surface area contributed by atoms with Crippen molar-refractivity contribution in [3.8, 4) is 17.3 Å². The molecule has 6 rings (SSSR count). The largest absolute Gasteiger partial charge is 0.490 e. The second kappa shape index (κ2) is 10.1. The van der Waals surface area contributed by atoms with Gasteiger partial charge in [-0.15, -0.1) is 0 Å². The van der Waals surface area contributed by atoms with Gasteiger partial charge in [0.2, 0.25) is 5.91 Å². The van der Waals surface area contributed by atoms with Gasteiger partial charge in [0.25, 0.3) is 0 Å². The Morgan fingerprint density at radius 3 is 2.56 bits per heavy atom. The van der Waals surface area contributed by atoms with Gasteiger partial charge in [0.15, 0.2) is 5.82 Å². The van der Waals surface area contributed by atoms with Crippen LogP contribution in [0.5, 0.6) is 5.75 Å². The first-order chi connectivity index (χ1) is 18.8. The number of fused-ring (bicyclic) bond motifs is 1. The summed E-state index contributed by atoms with van der Waals surface area (Å²) in [5.74, 6) is 2.02. The first-order valence-corrected chi connectivity index (χ1v) is 13.9. The van der Waals surface area contributed by atoms with Crippen molar-refractivity contribution in [2.75, 3.05) is 11.4 Å². The molecule has 204 valence electrons. The van der Waals surface area contributed by atoms with E-state index in [9.17, 15) is 9.59 Å². The molecule has 2 fully saturated rings. The highest BCUT2D eigenvalue weighted by molar-refractivity contribution is 6.05. The highest BCUT2D eigenvalue weighted by Crippen LogP contribution is 2.40. The number of hydrogen-bond donors (Lipinski definition) is 1. The van der Waals surface area contributed by atoms with Crippen molar-refractivity contribution in [3.05, 3.63) is 59.4 Å². The maximum absolute atomic E-state index is 12.4. The fourth-order valence-corrected chi connectivity index (χ4v) is 6.02. The van der Waals surface area contributed by atoms with E-state index in [1.165, 1.54) is 30.4 Å². The van der Waals surface area contributed by atoms with Crippen LogP contribution in [0.3, 0.4) is 0 Å². The fraction of sp³-hybridized carbons (Fsp3) is 0.467. The van der Waals surface area contributed by atoms with Gasteiger partial charge in [-0.3, -0.25) is 19.9 Å². The van der Waals surface area contributed by atoms with Crippen molar-refractivity contribution in [2.24, 2.45) is 7.05 Å². The minimum absolute atomic E-state index is 0.255. The van der Waals surface area contributed by atoms with E-state index in [2.05, 4.69) is 59.4 Å². The van der Waals surface area contributed by atoms with E-state index in [0.29, 0.717) is 24.3 Å². The van der Waals surface area contributed by atoms with Gasteiger partial charge in [0.1, 0.15) is 17.3 Å². The number of pyridine rings is 1. The molecule has 1 saturated carbocycles. The average molecular weight is 529 g/mol. The average Bonchev–Trinajstić information content (AvgIpc) is 3.42. The topological polar surface area (TPSA) is 92.6 Å². The predicted octanol–water partition coefficient (Wildman–Crippen LogP) is 4.89. The molecule has 39 heavy (non-hydrogen) atoms. The molecule has 9 nitrogen and oxygen atoms in total. The molecule has 0 atom stereocenters. The minimum atomic E-state index is -0.423. The van der Waals surface area contributed by atoms with Crippen molar-refractivity contribution in [2.45, 2.75) is 77.1 Å². The van der Waals surface area contributed by atoms with Gasteiger partial charge in [0, 0.05) is 33.1 Å². The van der Waals surface area contributed by atoms with Crippen molar-refractivity contribution >= 4 is 17.8 Å². The summed E-state index contributed by atoms with van der Waals surface area (Å²) in [5, 5.41) is 2.37. The molecule has 1 saturated heterocycles. The molecule has 0 unspecified atom stereocenters. The third-order valence-electron chi connectivity index (χ3n) is 8.39. The number of aromatic nitrogens is 3. The Kier molecular flexibility index (Phi) is 6.62. The normalized spacial score (nSPS) is 19.7. The summed E-state index contributed by atoms with van der Waals surface area (Å²) < 4.78 is 8.08. The lowest BCUT2D eigenvalue weighted by Crippen LogP contribution is -2.50. The molecule has 1 aromatic carbocycles. The van der Waals surface area contributed by atoms with E-state index in [1.54, 1.807) is 11.1 Å². The number of carbonyl (C=O) groups is 2. The van der Waals surface area contributed by atoms with Gasteiger partial charge in [-0.2, -0.15) is 0 Å². The van der Waals surface area contributed by atoms with Gasteiger partial charge in [-0.25, -0.2) is 14.8 Å². The Balaban J connectivity index is 1.17. The number of benzene rings is 1. The maximum Gasteiger partial charge on any atom is 0.329 e. The van der Waals surface area contributed by atoms with Crippen LogP contribution < -0.4 is 15.0 Å². The number of rotatable bonds is 6. The molecule has 3 amide bonds. The van der Waals surface area contributed by atoms with Crippen molar-refractivity contribution in [1.29, 1.82) is 0 Å². The van der Waals surface area contributed by atoms with Gasteiger partial charge < -0.3 is 9.30 Å². The Morgan fingerprint density at radius 2 is 1.82 bits per heavy atom.